The summed E-state index contributed by atoms with van der Waals surface area (Å²) < 4.78 is 0. The Morgan fingerprint density at radius 1 is 1.08 bits per heavy atom. The van der Waals surface area contributed by atoms with Crippen molar-refractivity contribution in [2.75, 3.05) is 5.33 Å². The van der Waals surface area contributed by atoms with Crippen LogP contribution in [-0.2, 0) is 6.42 Å². The fourth-order valence-electron chi connectivity index (χ4n) is 1.41. The summed E-state index contributed by atoms with van der Waals surface area (Å²) in [5.74, 6) is 0. The molecule has 0 aliphatic carbocycles. The first-order valence-corrected chi connectivity index (χ1v) is 5.48. The third kappa shape index (κ3) is 1.92. The summed E-state index contributed by atoms with van der Waals surface area (Å²) in [5.41, 5.74) is 1.27. The summed E-state index contributed by atoms with van der Waals surface area (Å²) in [7, 11) is 0. The van der Waals surface area contributed by atoms with Gasteiger partial charge in [-0.3, -0.25) is 0 Å². The van der Waals surface area contributed by atoms with Crippen LogP contribution >= 0.6 is 15.9 Å². The summed E-state index contributed by atoms with van der Waals surface area (Å²) in [6, 6.07) is 16.0. The predicted molar refractivity (Wildman–Crippen MR) is 60.3 cm³/mol. The van der Waals surface area contributed by atoms with Gasteiger partial charge in [0.25, 0.3) is 0 Å². The van der Waals surface area contributed by atoms with Crippen molar-refractivity contribution in [1.82, 2.24) is 0 Å². The molecule has 0 nitrogen and oxygen atoms in total. The predicted octanol–water partition coefficient (Wildman–Crippen LogP) is 3.58. The Bertz CT molecular complexity index is 407. The smallest absolute Gasteiger partial charge is 0.00720 e. The van der Waals surface area contributed by atoms with E-state index >= 15 is 0 Å². The van der Waals surface area contributed by atoms with Crippen LogP contribution in [-0.4, -0.2) is 5.33 Å². The minimum absolute atomic E-state index is 1.00. The SMILES string of the molecule is BrCCc1[c]c2ccccc2cc1. The van der Waals surface area contributed by atoms with E-state index in [2.05, 4.69) is 58.4 Å². The third-order valence-electron chi connectivity index (χ3n) is 2.08. The van der Waals surface area contributed by atoms with Crippen LogP contribution in [0.5, 0.6) is 0 Å². The van der Waals surface area contributed by atoms with Crippen molar-refractivity contribution in [3.8, 4) is 0 Å². The van der Waals surface area contributed by atoms with Gasteiger partial charge in [-0.05, 0) is 28.8 Å². The van der Waals surface area contributed by atoms with E-state index < -0.39 is 0 Å². The van der Waals surface area contributed by atoms with Crippen molar-refractivity contribution in [3.05, 3.63) is 48.0 Å². The molecule has 2 aromatic rings. The fraction of sp³-hybridized carbons (Fsp3) is 0.167. The van der Waals surface area contributed by atoms with Gasteiger partial charge >= 0.3 is 0 Å². The van der Waals surface area contributed by atoms with Crippen LogP contribution in [0, 0.1) is 6.07 Å². The molecule has 0 atom stereocenters. The van der Waals surface area contributed by atoms with Gasteiger partial charge in [0, 0.05) is 5.33 Å². The Morgan fingerprint density at radius 2 is 1.92 bits per heavy atom. The second-order valence-electron chi connectivity index (χ2n) is 3.01. The minimum Gasteiger partial charge on any atom is -0.0924 e. The molecule has 0 unspecified atom stereocenters. The molecule has 1 radical (unpaired) electrons. The Kier molecular flexibility index (Phi) is 2.65. The van der Waals surface area contributed by atoms with E-state index in [0.29, 0.717) is 0 Å². The van der Waals surface area contributed by atoms with Gasteiger partial charge in [-0.1, -0.05) is 52.3 Å². The summed E-state index contributed by atoms with van der Waals surface area (Å²) in [6.45, 7) is 0. The standard InChI is InChI=1S/C12H10Br/c13-8-7-10-5-6-11-3-1-2-4-12(11)9-10/h1-6H,7-8H2. The van der Waals surface area contributed by atoms with Gasteiger partial charge in [0.15, 0.2) is 0 Å². The molecule has 65 valence electrons. The molecule has 0 fully saturated rings. The van der Waals surface area contributed by atoms with Gasteiger partial charge in [-0.2, -0.15) is 0 Å². The molecule has 0 heterocycles. The molecule has 2 aromatic carbocycles. The average molecular weight is 234 g/mol. The van der Waals surface area contributed by atoms with E-state index in [1.54, 1.807) is 0 Å². The van der Waals surface area contributed by atoms with Crippen LogP contribution in [0.1, 0.15) is 5.56 Å². The first-order chi connectivity index (χ1) is 6.40. The lowest BCUT2D eigenvalue weighted by Gasteiger charge is -2.00. The summed E-state index contributed by atoms with van der Waals surface area (Å²) >= 11 is 3.43. The quantitative estimate of drug-likeness (QED) is 0.696. The number of fused-ring (bicyclic) bond motifs is 1. The zero-order valence-electron chi connectivity index (χ0n) is 7.26. The molecule has 0 saturated carbocycles. The average Bonchev–Trinajstić information content (AvgIpc) is 2.18. The molecule has 0 spiro atoms. The maximum Gasteiger partial charge on any atom is 0.00720 e. The van der Waals surface area contributed by atoms with Crippen molar-refractivity contribution < 1.29 is 0 Å². The molecule has 1 heteroatoms. The zero-order chi connectivity index (χ0) is 9.10. The third-order valence-corrected chi connectivity index (χ3v) is 2.48. The molecular formula is C12H10Br. The van der Waals surface area contributed by atoms with E-state index in [-0.39, 0.29) is 0 Å². The highest BCUT2D eigenvalue weighted by molar-refractivity contribution is 9.09. The van der Waals surface area contributed by atoms with Gasteiger partial charge in [0.1, 0.15) is 0 Å². The number of rotatable bonds is 2. The molecule has 13 heavy (non-hydrogen) atoms. The maximum atomic E-state index is 3.43. The van der Waals surface area contributed by atoms with Crippen molar-refractivity contribution in [2.45, 2.75) is 6.42 Å². The van der Waals surface area contributed by atoms with E-state index in [0.717, 1.165) is 11.8 Å². The van der Waals surface area contributed by atoms with Crippen molar-refractivity contribution >= 4 is 26.7 Å². The van der Waals surface area contributed by atoms with Crippen molar-refractivity contribution in [1.29, 1.82) is 0 Å². The van der Waals surface area contributed by atoms with Gasteiger partial charge in [0.05, 0.1) is 0 Å². The molecule has 0 amide bonds. The summed E-state index contributed by atoms with van der Waals surface area (Å²) in [5, 5.41) is 3.48. The number of hydrogen-bond acceptors (Lipinski definition) is 0. The van der Waals surface area contributed by atoms with Gasteiger partial charge in [-0.15, -0.1) is 0 Å². The first-order valence-electron chi connectivity index (χ1n) is 4.36. The Balaban J connectivity index is 2.49. The fourth-order valence-corrected chi connectivity index (χ4v) is 1.84. The van der Waals surface area contributed by atoms with Gasteiger partial charge in [0.2, 0.25) is 0 Å². The molecule has 2 rings (SSSR count). The topological polar surface area (TPSA) is 0 Å². The Morgan fingerprint density at radius 3 is 2.77 bits per heavy atom. The molecule has 0 bridgehead atoms. The Labute approximate surface area is 86.7 Å². The molecule has 0 aromatic heterocycles. The van der Waals surface area contributed by atoms with Crippen molar-refractivity contribution in [3.63, 3.8) is 0 Å². The van der Waals surface area contributed by atoms with Crippen LogP contribution in [0.3, 0.4) is 0 Å². The lowest BCUT2D eigenvalue weighted by atomic mass is 10.1. The number of benzene rings is 2. The highest BCUT2D eigenvalue weighted by Crippen LogP contribution is 2.15. The molecule has 0 aliphatic rings. The molecule has 0 saturated heterocycles. The highest BCUT2D eigenvalue weighted by Gasteiger charge is 1.95. The number of halogens is 1. The minimum atomic E-state index is 1.00. The monoisotopic (exact) mass is 233 g/mol. The van der Waals surface area contributed by atoms with Crippen LogP contribution in [0.25, 0.3) is 10.8 Å². The van der Waals surface area contributed by atoms with Crippen LogP contribution in [0.15, 0.2) is 36.4 Å². The first kappa shape index (κ1) is 8.76. The van der Waals surface area contributed by atoms with Crippen molar-refractivity contribution in [2.24, 2.45) is 0 Å². The second kappa shape index (κ2) is 3.93. The summed E-state index contributed by atoms with van der Waals surface area (Å²) in [4.78, 5) is 0. The van der Waals surface area contributed by atoms with E-state index in [9.17, 15) is 0 Å². The zero-order valence-corrected chi connectivity index (χ0v) is 8.84. The van der Waals surface area contributed by atoms with Gasteiger partial charge < -0.3 is 0 Å². The normalized spacial score (nSPS) is 10.5. The van der Waals surface area contributed by atoms with E-state index in [1.807, 2.05) is 0 Å². The summed E-state index contributed by atoms with van der Waals surface area (Å²) in [6.07, 6.45) is 1.05. The highest BCUT2D eigenvalue weighted by atomic mass is 79.9. The number of alkyl halides is 1. The number of hydrogen-bond donors (Lipinski definition) is 0. The largest absolute Gasteiger partial charge is 0.0924 e. The second-order valence-corrected chi connectivity index (χ2v) is 3.80. The molecule has 0 N–H and O–H groups in total. The van der Waals surface area contributed by atoms with Crippen LogP contribution < -0.4 is 0 Å². The van der Waals surface area contributed by atoms with E-state index in [1.165, 1.54) is 16.3 Å². The number of aryl methyl sites for hydroxylation is 1. The lowest BCUT2D eigenvalue weighted by molar-refractivity contribution is 1.17. The van der Waals surface area contributed by atoms with E-state index in [4.69, 9.17) is 0 Å². The lowest BCUT2D eigenvalue weighted by Crippen LogP contribution is -1.85. The van der Waals surface area contributed by atoms with Gasteiger partial charge in [-0.25, -0.2) is 0 Å². The van der Waals surface area contributed by atoms with Crippen LogP contribution in [0.4, 0.5) is 0 Å². The Hall–Kier alpha value is -0.820. The maximum absolute atomic E-state index is 3.43. The molecule has 0 aliphatic heterocycles. The van der Waals surface area contributed by atoms with Crippen LogP contribution in [0.2, 0.25) is 0 Å². The molecular weight excluding hydrogens is 224 g/mol.